The van der Waals surface area contributed by atoms with Gasteiger partial charge in [0.05, 0.1) is 22.4 Å². The molecule has 0 spiro atoms. The van der Waals surface area contributed by atoms with Gasteiger partial charge in [0.15, 0.2) is 6.61 Å². The zero-order valence-corrected chi connectivity index (χ0v) is 14.3. The Hall–Kier alpha value is -3.22. The lowest BCUT2D eigenvalue weighted by molar-refractivity contribution is 0.0473. The van der Waals surface area contributed by atoms with Crippen LogP contribution in [0.25, 0.3) is 0 Å². The molecular weight excluding hydrogens is 336 g/mol. The third-order valence-electron chi connectivity index (χ3n) is 4.17. The van der Waals surface area contributed by atoms with E-state index in [0.29, 0.717) is 12.2 Å². The topological polar surface area (TPSA) is 96.5 Å². The Morgan fingerprint density at radius 2 is 1.88 bits per heavy atom. The van der Waals surface area contributed by atoms with Crippen molar-refractivity contribution in [3.8, 4) is 0 Å². The number of imide groups is 1. The summed E-state index contributed by atoms with van der Waals surface area (Å²) < 4.78 is 5.01. The van der Waals surface area contributed by atoms with E-state index in [1.54, 1.807) is 18.3 Å². The molecule has 7 heteroatoms. The molecule has 1 aliphatic heterocycles. The number of nitrogens with zero attached hydrogens (tertiary/aromatic N) is 1. The molecule has 0 fully saturated rings. The van der Waals surface area contributed by atoms with Gasteiger partial charge < -0.3 is 9.72 Å². The van der Waals surface area contributed by atoms with Crippen LogP contribution in [0.4, 0.5) is 0 Å². The number of unbranched alkanes of at least 4 members (excludes halogenated alkanes) is 1. The highest BCUT2D eigenvalue weighted by molar-refractivity contribution is 6.22. The van der Waals surface area contributed by atoms with E-state index in [-0.39, 0.29) is 28.4 Å². The molecule has 7 nitrogen and oxygen atoms in total. The minimum Gasteiger partial charge on any atom is -0.454 e. The third-order valence-corrected chi connectivity index (χ3v) is 4.17. The van der Waals surface area contributed by atoms with Crippen LogP contribution in [0.3, 0.4) is 0 Å². The van der Waals surface area contributed by atoms with E-state index in [1.165, 1.54) is 23.1 Å². The second-order valence-electron chi connectivity index (χ2n) is 5.96. The number of fused-ring (bicyclic) bond motifs is 1. The van der Waals surface area contributed by atoms with E-state index in [9.17, 15) is 19.2 Å². The SMILES string of the molecule is CCCCN1C(=O)c2ccc(C(=O)OCC(=O)c3ccc[nH]3)cc2C1=O. The number of ether oxygens (including phenoxy) is 1. The summed E-state index contributed by atoms with van der Waals surface area (Å²) in [6.45, 7) is 1.92. The predicted octanol–water partition coefficient (Wildman–Crippen LogP) is 2.45. The summed E-state index contributed by atoms with van der Waals surface area (Å²) in [4.78, 5) is 52.6. The molecule has 2 heterocycles. The Morgan fingerprint density at radius 1 is 1.12 bits per heavy atom. The molecule has 0 unspecified atom stereocenters. The number of aromatic nitrogens is 1. The van der Waals surface area contributed by atoms with Crippen molar-refractivity contribution in [2.24, 2.45) is 0 Å². The number of nitrogens with one attached hydrogen (secondary N) is 1. The zero-order chi connectivity index (χ0) is 18.7. The fraction of sp³-hybridized carbons (Fsp3) is 0.263. The second-order valence-corrected chi connectivity index (χ2v) is 5.96. The lowest BCUT2D eigenvalue weighted by Crippen LogP contribution is -2.30. The Bertz CT molecular complexity index is 870. The molecule has 0 radical (unpaired) electrons. The smallest absolute Gasteiger partial charge is 0.338 e. The van der Waals surface area contributed by atoms with Gasteiger partial charge in [-0.2, -0.15) is 0 Å². The number of hydrogen-bond donors (Lipinski definition) is 1. The molecule has 3 rings (SSSR count). The maximum Gasteiger partial charge on any atom is 0.338 e. The molecule has 26 heavy (non-hydrogen) atoms. The third kappa shape index (κ3) is 3.28. The average Bonchev–Trinajstić information content (AvgIpc) is 3.26. The van der Waals surface area contributed by atoms with Crippen molar-refractivity contribution < 1.29 is 23.9 Å². The van der Waals surface area contributed by atoms with Crippen LogP contribution in [0.1, 0.15) is 61.3 Å². The second kappa shape index (κ2) is 7.35. The molecule has 1 aliphatic rings. The summed E-state index contributed by atoms with van der Waals surface area (Å²) >= 11 is 0. The molecule has 1 aromatic heterocycles. The molecule has 2 amide bonds. The molecule has 0 bridgehead atoms. The fourth-order valence-corrected chi connectivity index (χ4v) is 2.73. The lowest BCUT2D eigenvalue weighted by Gasteiger charge is -2.12. The number of benzene rings is 1. The van der Waals surface area contributed by atoms with Gasteiger partial charge >= 0.3 is 5.97 Å². The minimum absolute atomic E-state index is 0.126. The monoisotopic (exact) mass is 354 g/mol. The zero-order valence-electron chi connectivity index (χ0n) is 14.3. The van der Waals surface area contributed by atoms with Crippen LogP contribution >= 0.6 is 0 Å². The van der Waals surface area contributed by atoms with Crippen LogP contribution in [0.2, 0.25) is 0 Å². The summed E-state index contributed by atoms with van der Waals surface area (Å²) in [7, 11) is 0. The maximum absolute atomic E-state index is 12.4. The van der Waals surface area contributed by atoms with Gasteiger partial charge in [0.1, 0.15) is 0 Å². The van der Waals surface area contributed by atoms with Crippen molar-refractivity contribution in [3.05, 3.63) is 58.9 Å². The molecule has 1 aromatic carbocycles. The number of rotatable bonds is 7. The summed E-state index contributed by atoms with van der Waals surface area (Å²) in [5, 5.41) is 0. The van der Waals surface area contributed by atoms with Crippen LogP contribution in [0.15, 0.2) is 36.5 Å². The van der Waals surface area contributed by atoms with Crippen LogP contribution in [-0.2, 0) is 4.74 Å². The van der Waals surface area contributed by atoms with E-state index < -0.39 is 18.5 Å². The maximum atomic E-state index is 12.4. The highest BCUT2D eigenvalue weighted by Crippen LogP contribution is 2.24. The van der Waals surface area contributed by atoms with Crippen molar-refractivity contribution in [1.82, 2.24) is 9.88 Å². The summed E-state index contributed by atoms with van der Waals surface area (Å²) in [6, 6.07) is 7.48. The first-order valence-corrected chi connectivity index (χ1v) is 8.37. The fourth-order valence-electron chi connectivity index (χ4n) is 2.73. The first kappa shape index (κ1) is 17.6. The number of H-pyrrole nitrogens is 1. The molecular formula is C19H18N2O5. The minimum atomic E-state index is -0.722. The van der Waals surface area contributed by atoms with Gasteiger partial charge in [-0.1, -0.05) is 13.3 Å². The number of Topliss-reactive ketones (excluding diaryl/α,β-unsaturated/α-hetero) is 1. The molecule has 0 saturated heterocycles. The number of carbonyl (C=O) groups excluding carboxylic acids is 4. The highest BCUT2D eigenvalue weighted by atomic mass is 16.5. The van der Waals surface area contributed by atoms with Crippen LogP contribution in [0.5, 0.6) is 0 Å². The number of hydrogen-bond acceptors (Lipinski definition) is 5. The van der Waals surface area contributed by atoms with Crippen LogP contribution in [-0.4, -0.2) is 46.6 Å². The quantitative estimate of drug-likeness (QED) is 0.468. The van der Waals surface area contributed by atoms with Gasteiger partial charge in [0, 0.05) is 12.7 Å². The van der Waals surface area contributed by atoms with Crippen molar-refractivity contribution in [2.75, 3.05) is 13.2 Å². The number of carbonyl (C=O) groups is 4. The number of ketones is 1. The number of aromatic amines is 1. The highest BCUT2D eigenvalue weighted by Gasteiger charge is 2.35. The molecule has 134 valence electrons. The summed E-state index contributed by atoms with van der Waals surface area (Å²) in [5.74, 6) is -1.84. The Morgan fingerprint density at radius 3 is 2.58 bits per heavy atom. The van der Waals surface area contributed by atoms with Crippen molar-refractivity contribution in [3.63, 3.8) is 0 Å². The van der Waals surface area contributed by atoms with E-state index in [0.717, 1.165) is 12.8 Å². The van der Waals surface area contributed by atoms with Gasteiger partial charge in [0.25, 0.3) is 11.8 Å². The molecule has 0 saturated carbocycles. The average molecular weight is 354 g/mol. The van der Waals surface area contributed by atoms with E-state index in [2.05, 4.69) is 4.98 Å². The summed E-state index contributed by atoms with van der Waals surface area (Å²) in [6.07, 6.45) is 3.18. The van der Waals surface area contributed by atoms with E-state index >= 15 is 0 Å². The Kier molecular flexibility index (Phi) is 4.97. The lowest BCUT2D eigenvalue weighted by atomic mass is 10.1. The molecule has 0 atom stereocenters. The van der Waals surface area contributed by atoms with Crippen LogP contribution < -0.4 is 0 Å². The first-order chi connectivity index (χ1) is 12.5. The number of esters is 1. The summed E-state index contributed by atoms with van der Waals surface area (Å²) in [5.41, 5.74) is 0.946. The Labute approximate surface area is 149 Å². The Balaban J connectivity index is 1.70. The van der Waals surface area contributed by atoms with Gasteiger partial charge in [-0.15, -0.1) is 0 Å². The van der Waals surface area contributed by atoms with Gasteiger partial charge in [-0.3, -0.25) is 19.3 Å². The van der Waals surface area contributed by atoms with E-state index in [1.807, 2.05) is 6.92 Å². The normalized spacial score (nSPS) is 13.0. The molecule has 1 N–H and O–H groups in total. The standard InChI is InChI=1S/C19H18N2O5/c1-2-3-9-21-17(23)13-7-6-12(10-14(13)18(21)24)19(25)26-11-16(22)15-5-4-8-20-15/h4-8,10,20H,2-3,9,11H2,1H3. The van der Waals surface area contributed by atoms with Gasteiger partial charge in [-0.05, 0) is 36.8 Å². The predicted molar refractivity (Wildman–Crippen MR) is 92.1 cm³/mol. The van der Waals surface area contributed by atoms with Crippen LogP contribution in [0, 0.1) is 0 Å². The molecule has 2 aromatic rings. The van der Waals surface area contributed by atoms with E-state index in [4.69, 9.17) is 4.74 Å². The van der Waals surface area contributed by atoms with Crippen molar-refractivity contribution in [2.45, 2.75) is 19.8 Å². The van der Waals surface area contributed by atoms with Gasteiger partial charge in [-0.25, -0.2) is 4.79 Å². The first-order valence-electron chi connectivity index (χ1n) is 8.37. The van der Waals surface area contributed by atoms with Gasteiger partial charge in [0.2, 0.25) is 5.78 Å². The largest absolute Gasteiger partial charge is 0.454 e. The van der Waals surface area contributed by atoms with Crippen molar-refractivity contribution >= 4 is 23.6 Å². The van der Waals surface area contributed by atoms with Crippen molar-refractivity contribution in [1.29, 1.82) is 0 Å². The number of amides is 2. The molecule has 0 aliphatic carbocycles.